The first kappa shape index (κ1) is 42.1. The number of nitrogens with one attached hydrogen (secondary N) is 3. The van der Waals surface area contributed by atoms with E-state index in [1.807, 2.05) is 56.3 Å². The van der Waals surface area contributed by atoms with Gasteiger partial charge in [-0.3, -0.25) is 24.0 Å². The SMILES string of the molecule is CCc1cc(OCCCCN)ccc1-c1ccc(C[C@H](NC(=O)[C@H](CC(=O)O)NC(=O)CN)C(=O)N[C@@H](CCCc2cc(C)cc(C)c2)C(N)=O)cc1. The van der Waals surface area contributed by atoms with Gasteiger partial charge in [-0.15, -0.1) is 0 Å². The molecule has 0 aliphatic carbocycles. The standard InChI is InChI=1S/C40H54N6O7/c1-4-29-22-31(53-17-6-5-16-41)14-15-32(29)30-12-10-27(11-13-30)21-34(46-40(52)35(23-37(48)49)44-36(47)24-42)39(51)45-33(38(43)50)9-7-8-28-19-25(2)18-26(3)20-28/h10-15,18-20,22,33-35H,4-9,16-17,21,23-24,41-42H2,1-3H3,(H2,43,50)(H,44,47)(H,45,51)(H,46,52)(H,48,49)/t33-,34-,35-/m0/s1. The summed E-state index contributed by atoms with van der Waals surface area (Å²) in [6.45, 7) is 6.83. The second-order valence-corrected chi connectivity index (χ2v) is 13.3. The highest BCUT2D eigenvalue weighted by Crippen LogP contribution is 2.29. The fourth-order valence-electron chi connectivity index (χ4n) is 6.13. The summed E-state index contributed by atoms with van der Waals surface area (Å²) in [6, 6.07) is 15.9. The van der Waals surface area contributed by atoms with Crippen LogP contribution in [0.2, 0.25) is 0 Å². The zero-order valence-corrected chi connectivity index (χ0v) is 30.9. The number of rotatable bonds is 22. The Kier molecular flexibility index (Phi) is 16.9. The molecule has 0 radical (unpaired) electrons. The van der Waals surface area contributed by atoms with Crippen LogP contribution in [0.25, 0.3) is 11.1 Å². The Labute approximate surface area is 311 Å². The number of aliphatic carboxylic acids is 1. The lowest BCUT2D eigenvalue weighted by Crippen LogP contribution is -2.57. The number of hydrogen-bond donors (Lipinski definition) is 7. The van der Waals surface area contributed by atoms with Crippen LogP contribution in [0.3, 0.4) is 0 Å². The second kappa shape index (κ2) is 21.3. The summed E-state index contributed by atoms with van der Waals surface area (Å²) in [5, 5.41) is 17.0. The summed E-state index contributed by atoms with van der Waals surface area (Å²) in [4.78, 5) is 63.2. The lowest BCUT2D eigenvalue weighted by molar-refractivity contribution is -0.141. The minimum atomic E-state index is -1.49. The monoisotopic (exact) mass is 730 g/mol. The molecule has 0 aromatic heterocycles. The maximum Gasteiger partial charge on any atom is 0.305 e. The van der Waals surface area contributed by atoms with Crippen molar-refractivity contribution in [1.82, 2.24) is 16.0 Å². The third kappa shape index (κ3) is 14.0. The van der Waals surface area contributed by atoms with E-state index in [0.29, 0.717) is 31.6 Å². The van der Waals surface area contributed by atoms with E-state index in [9.17, 15) is 29.1 Å². The van der Waals surface area contributed by atoms with Crippen molar-refractivity contribution in [3.05, 3.63) is 88.5 Å². The molecule has 0 aliphatic rings. The molecule has 0 unspecified atom stereocenters. The third-order valence-electron chi connectivity index (χ3n) is 8.78. The highest BCUT2D eigenvalue weighted by atomic mass is 16.5. The highest BCUT2D eigenvalue weighted by Gasteiger charge is 2.30. The molecule has 13 heteroatoms. The fraction of sp³-hybridized carbons (Fsp3) is 0.425. The van der Waals surface area contributed by atoms with Crippen molar-refractivity contribution in [3.63, 3.8) is 0 Å². The van der Waals surface area contributed by atoms with Crippen molar-refractivity contribution in [3.8, 4) is 16.9 Å². The molecule has 0 spiro atoms. The van der Waals surface area contributed by atoms with Crippen molar-refractivity contribution in [2.45, 2.75) is 90.3 Å². The highest BCUT2D eigenvalue weighted by molar-refractivity contribution is 5.95. The molecule has 0 bridgehead atoms. The van der Waals surface area contributed by atoms with E-state index < -0.39 is 60.7 Å². The molecular weight excluding hydrogens is 676 g/mol. The fourth-order valence-corrected chi connectivity index (χ4v) is 6.13. The number of nitrogens with two attached hydrogens (primary N) is 3. The predicted octanol–water partition coefficient (Wildman–Crippen LogP) is 2.59. The number of aryl methyl sites for hydroxylation is 4. The number of primary amides is 1. The van der Waals surface area contributed by atoms with E-state index in [0.717, 1.165) is 58.4 Å². The number of carboxylic acid groups (broad SMARTS) is 1. The number of carbonyl (C=O) groups is 5. The van der Waals surface area contributed by atoms with Gasteiger partial charge in [0.2, 0.25) is 23.6 Å². The molecule has 3 atom stereocenters. The van der Waals surface area contributed by atoms with Crippen LogP contribution in [-0.4, -0.2) is 72.5 Å². The Balaban J connectivity index is 1.82. The number of hydrogen-bond acceptors (Lipinski definition) is 8. The molecule has 0 heterocycles. The molecule has 0 fully saturated rings. The van der Waals surface area contributed by atoms with E-state index in [1.54, 1.807) is 0 Å². The van der Waals surface area contributed by atoms with Gasteiger partial charge in [0.25, 0.3) is 0 Å². The van der Waals surface area contributed by atoms with Crippen LogP contribution in [0.5, 0.6) is 5.75 Å². The number of benzene rings is 3. The Bertz CT molecular complexity index is 1690. The number of amides is 4. The molecule has 53 heavy (non-hydrogen) atoms. The van der Waals surface area contributed by atoms with Crippen LogP contribution in [0, 0.1) is 13.8 Å². The average molecular weight is 731 g/mol. The quantitative estimate of drug-likeness (QED) is 0.0753. The lowest BCUT2D eigenvalue weighted by atomic mass is 9.95. The average Bonchev–Trinajstić information content (AvgIpc) is 3.11. The zero-order valence-electron chi connectivity index (χ0n) is 30.9. The Hall–Kier alpha value is -5.27. The summed E-state index contributed by atoms with van der Waals surface area (Å²) >= 11 is 0. The van der Waals surface area contributed by atoms with Gasteiger partial charge in [-0.1, -0.05) is 66.6 Å². The molecule has 286 valence electrons. The van der Waals surface area contributed by atoms with Gasteiger partial charge in [0.1, 0.15) is 23.9 Å². The topological polar surface area (TPSA) is 229 Å². The molecular formula is C40H54N6O7. The van der Waals surface area contributed by atoms with Crippen molar-refractivity contribution >= 4 is 29.6 Å². The van der Waals surface area contributed by atoms with Gasteiger partial charge in [-0.05, 0) is 98.9 Å². The summed E-state index contributed by atoms with van der Waals surface area (Å²) in [5.74, 6) is -3.60. The van der Waals surface area contributed by atoms with Crippen LogP contribution in [0.4, 0.5) is 0 Å². The van der Waals surface area contributed by atoms with Crippen molar-refractivity contribution in [1.29, 1.82) is 0 Å². The van der Waals surface area contributed by atoms with Crippen LogP contribution in [0.15, 0.2) is 60.7 Å². The first-order valence-corrected chi connectivity index (χ1v) is 18.1. The molecule has 0 saturated carbocycles. The van der Waals surface area contributed by atoms with Crippen molar-refractivity contribution in [2.75, 3.05) is 19.7 Å². The summed E-state index contributed by atoms with van der Waals surface area (Å²) in [5.41, 5.74) is 23.7. The maximum absolute atomic E-state index is 13.8. The smallest absolute Gasteiger partial charge is 0.305 e. The Morgan fingerprint density at radius 2 is 1.43 bits per heavy atom. The van der Waals surface area contributed by atoms with Crippen LogP contribution >= 0.6 is 0 Å². The molecule has 3 rings (SSSR count). The molecule has 10 N–H and O–H groups in total. The number of carboxylic acids is 1. The largest absolute Gasteiger partial charge is 0.494 e. The Morgan fingerprint density at radius 1 is 0.774 bits per heavy atom. The van der Waals surface area contributed by atoms with Crippen LogP contribution in [0.1, 0.15) is 66.8 Å². The second-order valence-electron chi connectivity index (χ2n) is 13.3. The number of ether oxygens (including phenoxy) is 1. The van der Waals surface area contributed by atoms with Gasteiger partial charge in [-0.25, -0.2) is 0 Å². The number of carbonyl (C=O) groups excluding carboxylic acids is 4. The van der Waals surface area contributed by atoms with Gasteiger partial charge >= 0.3 is 5.97 Å². The molecule has 3 aromatic rings. The summed E-state index contributed by atoms with van der Waals surface area (Å²) < 4.78 is 5.90. The van der Waals surface area contributed by atoms with Gasteiger partial charge in [0.05, 0.1) is 19.6 Å². The molecule has 3 aromatic carbocycles. The number of unbranched alkanes of at least 4 members (excludes halogenated alkanes) is 1. The van der Waals surface area contributed by atoms with E-state index in [1.165, 1.54) is 0 Å². The van der Waals surface area contributed by atoms with Gasteiger partial charge < -0.3 is 43.0 Å². The summed E-state index contributed by atoms with van der Waals surface area (Å²) in [6.07, 6.45) is 3.28. The zero-order chi connectivity index (χ0) is 38.9. The van der Waals surface area contributed by atoms with E-state index in [-0.39, 0.29) is 12.8 Å². The lowest BCUT2D eigenvalue weighted by Gasteiger charge is -2.24. The first-order chi connectivity index (χ1) is 25.3. The van der Waals surface area contributed by atoms with Gasteiger partial charge in [0.15, 0.2) is 0 Å². The molecule has 13 nitrogen and oxygen atoms in total. The Morgan fingerprint density at radius 3 is 2.04 bits per heavy atom. The maximum atomic E-state index is 13.8. The van der Waals surface area contributed by atoms with Crippen LogP contribution in [-0.2, 0) is 43.2 Å². The van der Waals surface area contributed by atoms with Gasteiger partial charge in [0, 0.05) is 6.42 Å². The van der Waals surface area contributed by atoms with E-state index >= 15 is 0 Å². The predicted molar refractivity (Wildman–Crippen MR) is 204 cm³/mol. The first-order valence-electron chi connectivity index (χ1n) is 18.1. The molecule has 4 amide bonds. The third-order valence-corrected chi connectivity index (χ3v) is 8.78. The minimum Gasteiger partial charge on any atom is -0.494 e. The van der Waals surface area contributed by atoms with E-state index in [4.69, 9.17) is 21.9 Å². The summed E-state index contributed by atoms with van der Waals surface area (Å²) in [7, 11) is 0. The van der Waals surface area contributed by atoms with Crippen molar-refractivity contribution in [2.24, 2.45) is 17.2 Å². The van der Waals surface area contributed by atoms with Crippen molar-refractivity contribution < 1.29 is 33.8 Å². The minimum absolute atomic E-state index is 0.00720. The van der Waals surface area contributed by atoms with Gasteiger partial charge in [-0.2, -0.15) is 0 Å². The molecule has 0 saturated heterocycles. The normalized spacial score (nSPS) is 12.6. The van der Waals surface area contributed by atoms with Crippen LogP contribution < -0.4 is 37.9 Å². The molecule has 0 aliphatic heterocycles. The van der Waals surface area contributed by atoms with E-state index in [2.05, 4.69) is 41.1 Å².